The smallest absolute Gasteiger partial charge is 0.350 e. The van der Waals surface area contributed by atoms with Crippen LogP contribution in [0.15, 0.2) is 53.5 Å². The molecule has 1 amide bonds. The number of ether oxygens (including phenoxy) is 1. The van der Waals surface area contributed by atoms with E-state index in [9.17, 15) is 9.59 Å². The molecule has 7 nitrogen and oxygen atoms in total. The molecule has 3 aromatic rings. The average Bonchev–Trinajstić information content (AvgIpc) is 2.91. The molecule has 0 saturated heterocycles. The first-order chi connectivity index (χ1) is 12.0. The van der Waals surface area contributed by atoms with Crippen molar-refractivity contribution in [3.05, 3.63) is 64.7 Å². The van der Waals surface area contributed by atoms with Gasteiger partial charge in [0.15, 0.2) is 5.65 Å². The van der Waals surface area contributed by atoms with Crippen LogP contribution in [0.1, 0.15) is 12.5 Å². The van der Waals surface area contributed by atoms with E-state index in [1.165, 1.54) is 4.40 Å². The number of nitrogens with zero attached hydrogens (tertiary/aromatic N) is 3. The predicted molar refractivity (Wildman–Crippen MR) is 93.7 cm³/mol. The number of pyridine rings is 1. The lowest BCUT2D eigenvalue weighted by Gasteiger charge is -2.16. The number of hydrogen-bond acceptors (Lipinski definition) is 4. The number of fused-ring (bicyclic) bond motifs is 1. The summed E-state index contributed by atoms with van der Waals surface area (Å²) in [6.07, 6.45) is 1.43. The molecule has 1 unspecified atom stereocenters. The van der Waals surface area contributed by atoms with Gasteiger partial charge in [0.05, 0.1) is 6.54 Å². The third kappa shape index (κ3) is 3.88. The van der Waals surface area contributed by atoms with Gasteiger partial charge in [-0.3, -0.25) is 9.20 Å². The number of carbonyl (C=O) groups excluding carboxylic acids is 1. The molecule has 0 aliphatic rings. The molecule has 2 aromatic heterocycles. The van der Waals surface area contributed by atoms with Gasteiger partial charge in [0, 0.05) is 6.20 Å². The molecule has 1 aromatic carbocycles. The fourth-order valence-electron chi connectivity index (χ4n) is 2.47. The molecular formula is C18H20N4O3. The Labute approximate surface area is 144 Å². The van der Waals surface area contributed by atoms with Crippen LogP contribution in [0.4, 0.5) is 0 Å². The van der Waals surface area contributed by atoms with E-state index < -0.39 is 0 Å². The van der Waals surface area contributed by atoms with Gasteiger partial charge in [-0.15, -0.1) is 5.10 Å². The highest BCUT2D eigenvalue weighted by Gasteiger charge is 2.12. The van der Waals surface area contributed by atoms with Crippen LogP contribution in [-0.2, 0) is 11.3 Å². The molecule has 0 bridgehead atoms. The normalized spacial score (nSPS) is 12.1. The van der Waals surface area contributed by atoms with Crippen LogP contribution in [-0.4, -0.2) is 32.7 Å². The van der Waals surface area contributed by atoms with Gasteiger partial charge in [-0.25, -0.2) is 9.48 Å². The van der Waals surface area contributed by atoms with E-state index in [-0.39, 0.29) is 24.2 Å². The number of aromatic nitrogens is 3. The van der Waals surface area contributed by atoms with Gasteiger partial charge >= 0.3 is 5.69 Å². The lowest BCUT2D eigenvalue weighted by molar-refractivity contribution is -0.122. The largest absolute Gasteiger partial charge is 0.489 e. The molecular weight excluding hydrogens is 320 g/mol. The van der Waals surface area contributed by atoms with Gasteiger partial charge in [0.25, 0.3) is 0 Å². The molecule has 0 fully saturated rings. The minimum absolute atomic E-state index is 0.127. The van der Waals surface area contributed by atoms with Crippen LogP contribution in [0.3, 0.4) is 0 Å². The molecule has 0 aliphatic carbocycles. The van der Waals surface area contributed by atoms with Crippen LogP contribution in [0.2, 0.25) is 0 Å². The van der Waals surface area contributed by atoms with E-state index in [1.807, 2.05) is 38.1 Å². The van der Waals surface area contributed by atoms with E-state index >= 15 is 0 Å². The molecule has 0 saturated carbocycles. The van der Waals surface area contributed by atoms with Crippen LogP contribution in [0, 0.1) is 6.92 Å². The van der Waals surface area contributed by atoms with Crippen molar-refractivity contribution in [2.45, 2.75) is 26.5 Å². The summed E-state index contributed by atoms with van der Waals surface area (Å²) in [7, 11) is 0. The Morgan fingerprint density at radius 3 is 2.76 bits per heavy atom. The quantitative estimate of drug-likeness (QED) is 0.735. The van der Waals surface area contributed by atoms with Gasteiger partial charge in [-0.1, -0.05) is 24.3 Å². The summed E-state index contributed by atoms with van der Waals surface area (Å²) in [6, 6.07) is 13.0. The summed E-state index contributed by atoms with van der Waals surface area (Å²) in [5.74, 6) is 0.506. The monoisotopic (exact) mass is 340 g/mol. The zero-order valence-electron chi connectivity index (χ0n) is 14.2. The van der Waals surface area contributed by atoms with Crippen molar-refractivity contribution in [3.8, 4) is 5.75 Å². The number of benzene rings is 1. The molecule has 7 heteroatoms. The highest BCUT2D eigenvalue weighted by Crippen LogP contribution is 2.17. The molecule has 2 heterocycles. The van der Waals surface area contributed by atoms with Crippen molar-refractivity contribution in [3.63, 3.8) is 0 Å². The third-order valence-electron chi connectivity index (χ3n) is 3.79. The Morgan fingerprint density at radius 1 is 1.24 bits per heavy atom. The predicted octanol–water partition coefficient (Wildman–Crippen LogP) is 1.39. The third-order valence-corrected chi connectivity index (χ3v) is 3.79. The van der Waals surface area contributed by atoms with Crippen LogP contribution >= 0.6 is 0 Å². The highest BCUT2D eigenvalue weighted by atomic mass is 16.5. The summed E-state index contributed by atoms with van der Waals surface area (Å²) in [5.41, 5.74) is 1.21. The zero-order chi connectivity index (χ0) is 17.8. The van der Waals surface area contributed by atoms with Crippen LogP contribution in [0.25, 0.3) is 5.65 Å². The number of rotatable bonds is 6. The second kappa shape index (κ2) is 7.21. The summed E-state index contributed by atoms with van der Waals surface area (Å²) >= 11 is 0. The van der Waals surface area contributed by atoms with E-state index in [0.717, 1.165) is 16.0 Å². The summed E-state index contributed by atoms with van der Waals surface area (Å²) in [4.78, 5) is 24.2. The first-order valence-corrected chi connectivity index (χ1v) is 8.08. The topological polar surface area (TPSA) is 77.6 Å². The first kappa shape index (κ1) is 16.8. The van der Waals surface area contributed by atoms with E-state index in [0.29, 0.717) is 12.2 Å². The Balaban J connectivity index is 1.56. The Kier molecular flexibility index (Phi) is 4.83. The lowest BCUT2D eigenvalue weighted by atomic mass is 10.2. The summed E-state index contributed by atoms with van der Waals surface area (Å²) in [5, 5.41) is 6.90. The second-order valence-electron chi connectivity index (χ2n) is 5.87. The van der Waals surface area contributed by atoms with Gasteiger partial charge in [0.2, 0.25) is 5.91 Å². The van der Waals surface area contributed by atoms with Crippen molar-refractivity contribution < 1.29 is 9.53 Å². The standard InChI is InChI=1S/C18H20N4O3/c1-13-7-3-4-8-15(13)25-14(2)11-19-17(23)12-22-18(24)21-10-6-5-9-16(21)20-22/h3-10,14H,11-12H2,1-2H3,(H,19,23). The highest BCUT2D eigenvalue weighted by molar-refractivity contribution is 5.75. The van der Waals surface area contributed by atoms with Crippen molar-refractivity contribution in [2.24, 2.45) is 0 Å². The molecule has 3 rings (SSSR count). The average molecular weight is 340 g/mol. The van der Waals surface area contributed by atoms with Crippen molar-refractivity contribution >= 4 is 11.6 Å². The number of nitrogens with one attached hydrogen (secondary N) is 1. The van der Waals surface area contributed by atoms with Crippen molar-refractivity contribution in [1.82, 2.24) is 19.5 Å². The molecule has 0 aliphatic heterocycles. The van der Waals surface area contributed by atoms with Crippen LogP contribution in [0.5, 0.6) is 5.75 Å². The number of para-hydroxylation sites is 1. The SMILES string of the molecule is Cc1ccccc1OC(C)CNC(=O)Cn1nc2ccccn2c1=O. The van der Waals surface area contributed by atoms with Gasteiger partial charge in [-0.05, 0) is 37.6 Å². The Morgan fingerprint density at radius 2 is 2.00 bits per heavy atom. The number of aryl methyl sites for hydroxylation is 1. The van der Waals surface area contributed by atoms with E-state index in [1.54, 1.807) is 24.4 Å². The summed E-state index contributed by atoms with van der Waals surface area (Å²) in [6.45, 7) is 4.06. The molecule has 1 N–H and O–H groups in total. The number of amides is 1. The lowest BCUT2D eigenvalue weighted by Crippen LogP contribution is -2.37. The van der Waals surface area contributed by atoms with Crippen molar-refractivity contribution in [2.75, 3.05) is 6.54 Å². The van der Waals surface area contributed by atoms with E-state index in [2.05, 4.69) is 10.4 Å². The van der Waals surface area contributed by atoms with Gasteiger partial charge in [0.1, 0.15) is 18.4 Å². The fourth-order valence-corrected chi connectivity index (χ4v) is 2.47. The maximum Gasteiger partial charge on any atom is 0.350 e. The van der Waals surface area contributed by atoms with Gasteiger partial charge in [-0.2, -0.15) is 0 Å². The molecule has 1 atom stereocenters. The summed E-state index contributed by atoms with van der Waals surface area (Å²) < 4.78 is 8.36. The molecule has 130 valence electrons. The number of hydrogen-bond donors (Lipinski definition) is 1. The number of carbonyl (C=O) groups is 1. The fraction of sp³-hybridized carbons (Fsp3) is 0.278. The van der Waals surface area contributed by atoms with E-state index in [4.69, 9.17) is 4.74 Å². The molecule has 0 radical (unpaired) electrons. The molecule has 25 heavy (non-hydrogen) atoms. The van der Waals surface area contributed by atoms with Crippen molar-refractivity contribution in [1.29, 1.82) is 0 Å². The second-order valence-corrected chi connectivity index (χ2v) is 5.87. The zero-order valence-corrected chi connectivity index (χ0v) is 14.2. The minimum Gasteiger partial charge on any atom is -0.489 e. The maximum absolute atomic E-state index is 12.1. The Hall–Kier alpha value is -3.09. The minimum atomic E-state index is -0.338. The first-order valence-electron chi connectivity index (χ1n) is 8.08. The molecule has 0 spiro atoms. The maximum atomic E-state index is 12.1. The van der Waals surface area contributed by atoms with Crippen LogP contribution < -0.4 is 15.7 Å². The Bertz CT molecular complexity index is 945. The van der Waals surface area contributed by atoms with Gasteiger partial charge < -0.3 is 10.1 Å².